The molecule has 1 rings (SSSR count). The lowest BCUT2D eigenvalue weighted by atomic mass is 9.75. The lowest BCUT2D eigenvalue weighted by molar-refractivity contribution is 0.178. The molecule has 1 fully saturated rings. The monoisotopic (exact) mass is 225 g/mol. The highest BCUT2D eigenvalue weighted by Crippen LogP contribution is 2.45. The molecular formula is C15H31N. The van der Waals surface area contributed by atoms with Gasteiger partial charge in [-0.1, -0.05) is 47.5 Å². The highest BCUT2D eigenvalue weighted by atomic mass is 14.9. The van der Waals surface area contributed by atoms with Crippen LogP contribution in [0.25, 0.3) is 0 Å². The minimum Gasteiger partial charge on any atom is -0.314 e. The third-order valence-electron chi connectivity index (χ3n) is 4.65. The van der Waals surface area contributed by atoms with Crippen molar-refractivity contribution in [3.05, 3.63) is 0 Å². The van der Waals surface area contributed by atoms with Gasteiger partial charge in [0.15, 0.2) is 0 Å². The van der Waals surface area contributed by atoms with Crippen LogP contribution in [-0.2, 0) is 0 Å². The fourth-order valence-electron chi connectivity index (χ4n) is 3.35. The minimum absolute atomic E-state index is 0.556. The van der Waals surface area contributed by atoms with E-state index in [1.165, 1.54) is 32.1 Å². The van der Waals surface area contributed by atoms with E-state index in [1.807, 2.05) is 0 Å². The summed E-state index contributed by atoms with van der Waals surface area (Å²) in [6.07, 6.45) is 6.95. The fraction of sp³-hybridized carbons (Fsp3) is 1.00. The van der Waals surface area contributed by atoms with Gasteiger partial charge in [-0.25, -0.2) is 0 Å². The number of rotatable bonds is 6. The lowest BCUT2D eigenvalue weighted by Crippen LogP contribution is -2.41. The first-order valence-corrected chi connectivity index (χ1v) is 7.24. The molecule has 0 spiro atoms. The first-order chi connectivity index (χ1) is 7.51. The van der Waals surface area contributed by atoms with E-state index >= 15 is 0 Å². The molecule has 1 N–H and O–H groups in total. The van der Waals surface area contributed by atoms with Crippen molar-refractivity contribution in [2.24, 2.45) is 17.3 Å². The SMILES string of the molecule is CCNC(CC(C)CC)C1CCCC1(C)C. The third-order valence-corrected chi connectivity index (χ3v) is 4.65. The average Bonchev–Trinajstić information content (AvgIpc) is 2.57. The molecule has 0 aromatic rings. The van der Waals surface area contributed by atoms with E-state index in [4.69, 9.17) is 0 Å². The van der Waals surface area contributed by atoms with Gasteiger partial charge in [-0.2, -0.15) is 0 Å². The molecule has 1 nitrogen and oxygen atoms in total. The van der Waals surface area contributed by atoms with Crippen LogP contribution in [0.15, 0.2) is 0 Å². The molecule has 0 aromatic heterocycles. The first kappa shape index (κ1) is 14.0. The molecule has 0 heterocycles. The van der Waals surface area contributed by atoms with Crippen molar-refractivity contribution in [1.82, 2.24) is 5.32 Å². The summed E-state index contributed by atoms with van der Waals surface area (Å²) in [5, 5.41) is 3.75. The summed E-state index contributed by atoms with van der Waals surface area (Å²) in [5.41, 5.74) is 0.556. The zero-order valence-electron chi connectivity index (χ0n) is 12.0. The Bertz CT molecular complexity index is 198. The largest absolute Gasteiger partial charge is 0.314 e. The molecule has 3 atom stereocenters. The van der Waals surface area contributed by atoms with E-state index in [0.717, 1.165) is 24.4 Å². The molecule has 16 heavy (non-hydrogen) atoms. The van der Waals surface area contributed by atoms with Crippen LogP contribution in [0.1, 0.15) is 66.7 Å². The van der Waals surface area contributed by atoms with Gasteiger partial charge in [0.1, 0.15) is 0 Å². The minimum atomic E-state index is 0.556. The van der Waals surface area contributed by atoms with E-state index in [1.54, 1.807) is 0 Å². The summed E-state index contributed by atoms with van der Waals surface area (Å²) >= 11 is 0. The summed E-state index contributed by atoms with van der Waals surface area (Å²) in [6, 6.07) is 0.748. The molecule has 0 bridgehead atoms. The van der Waals surface area contributed by atoms with Gasteiger partial charge in [0.2, 0.25) is 0 Å². The van der Waals surface area contributed by atoms with Crippen LogP contribution >= 0.6 is 0 Å². The smallest absolute Gasteiger partial charge is 0.0103 e. The Morgan fingerprint density at radius 3 is 2.44 bits per heavy atom. The van der Waals surface area contributed by atoms with E-state index in [0.29, 0.717) is 5.41 Å². The molecule has 96 valence electrons. The predicted octanol–water partition coefficient (Wildman–Crippen LogP) is 4.23. The Kier molecular flexibility index (Phi) is 5.30. The van der Waals surface area contributed by atoms with Crippen LogP contribution in [-0.4, -0.2) is 12.6 Å². The lowest BCUT2D eigenvalue weighted by Gasteiger charge is -2.36. The Hall–Kier alpha value is -0.0400. The van der Waals surface area contributed by atoms with Crippen molar-refractivity contribution in [3.8, 4) is 0 Å². The number of hydrogen-bond acceptors (Lipinski definition) is 1. The van der Waals surface area contributed by atoms with E-state index in [9.17, 15) is 0 Å². The van der Waals surface area contributed by atoms with Crippen LogP contribution in [0, 0.1) is 17.3 Å². The van der Waals surface area contributed by atoms with Crippen LogP contribution in [0.5, 0.6) is 0 Å². The predicted molar refractivity (Wildman–Crippen MR) is 72.7 cm³/mol. The van der Waals surface area contributed by atoms with Crippen LogP contribution in [0.4, 0.5) is 0 Å². The normalized spacial score (nSPS) is 27.9. The molecule has 1 aliphatic rings. The van der Waals surface area contributed by atoms with Crippen molar-refractivity contribution < 1.29 is 0 Å². The Labute approximate surface area is 102 Å². The second-order valence-corrected chi connectivity index (χ2v) is 6.40. The van der Waals surface area contributed by atoms with E-state index in [-0.39, 0.29) is 0 Å². The Balaban J connectivity index is 2.61. The van der Waals surface area contributed by atoms with Crippen molar-refractivity contribution in [2.75, 3.05) is 6.54 Å². The van der Waals surface area contributed by atoms with Crippen LogP contribution in [0.2, 0.25) is 0 Å². The highest BCUT2D eigenvalue weighted by Gasteiger charge is 2.39. The summed E-state index contributed by atoms with van der Waals surface area (Å²) in [5.74, 6) is 1.75. The molecule has 0 aliphatic heterocycles. The van der Waals surface area contributed by atoms with Crippen molar-refractivity contribution in [3.63, 3.8) is 0 Å². The summed E-state index contributed by atoms with van der Waals surface area (Å²) in [4.78, 5) is 0. The molecule has 3 unspecified atom stereocenters. The van der Waals surface area contributed by atoms with Crippen molar-refractivity contribution >= 4 is 0 Å². The Morgan fingerprint density at radius 1 is 1.31 bits per heavy atom. The Morgan fingerprint density at radius 2 is 2.00 bits per heavy atom. The highest BCUT2D eigenvalue weighted by molar-refractivity contribution is 4.92. The maximum absolute atomic E-state index is 3.75. The fourth-order valence-corrected chi connectivity index (χ4v) is 3.35. The third kappa shape index (κ3) is 3.48. The average molecular weight is 225 g/mol. The molecule has 0 radical (unpaired) electrons. The van der Waals surface area contributed by atoms with E-state index < -0.39 is 0 Å². The van der Waals surface area contributed by atoms with Gasteiger partial charge in [-0.05, 0) is 43.1 Å². The molecule has 1 heteroatoms. The zero-order valence-corrected chi connectivity index (χ0v) is 12.0. The maximum atomic E-state index is 3.75. The molecule has 0 aromatic carbocycles. The van der Waals surface area contributed by atoms with Gasteiger partial charge in [0.05, 0.1) is 0 Å². The van der Waals surface area contributed by atoms with Crippen LogP contribution < -0.4 is 5.32 Å². The van der Waals surface area contributed by atoms with Crippen LogP contribution in [0.3, 0.4) is 0 Å². The van der Waals surface area contributed by atoms with E-state index in [2.05, 4.69) is 39.9 Å². The quantitative estimate of drug-likeness (QED) is 0.713. The number of nitrogens with one attached hydrogen (secondary N) is 1. The molecule has 1 aliphatic carbocycles. The summed E-state index contributed by atoms with van der Waals surface area (Å²) in [6.45, 7) is 13.0. The van der Waals surface area contributed by atoms with Gasteiger partial charge < -0.3 is 5.32 Å². The zero-order chi connectivity index (χ0) is 12.2. The molecule has 0 saturated heterocycles. The summed E-state index contributed by atoms with van der Waals surface area (Å²) < 4.78 is 0. The van der Waals surface area contributed by atoms with Gasteiger partial charge in [0, 0.05) is 6.04 Å². The van der Waals surface area contributed by atoms with Gasteiger partial charge >= 0.3 is 0 Å². The van der Waals surface area contributed by atoms with Gasteiger partial charge in [-0.3, -0.25) is 0 Å². The second kappa shape index (κ2) is 6.05. The molecule has 1 saturated carbocycles. The van der Waals surface area contributed by atoms with Crippen molar-refractivity contribution in [1.29, 1.82) is 0 Å². The standard InChI is InChI=1S/C15H31N/c1-6-12(3)11-14(16-7-2)13-9-8-10-15(13,4)5/h12-14,16H,6-11H2,1-5H3. The molecule has 0 amide bonds. The number of hydrogen-bond donors (Lipinski definition) is 1. The summed E-state index contributed by atoms with van der Waals surface area (Å²) in [7, 11) is 0. The van der Waals surface area contributed by atoms with Gasteiger partial charge in [0.25, 0.3) is 0 Å². The van der Waals surface area contributed by atoms with Crippen molar-refractivity contribution in [2.45, 2.75) is 72.8 Å². The second-order valence-electron chi connectivity index (χ2n) is 6.40. The first-order valence-electron chi connectivity index (χ1n) is 7.24. The maximum Gasteiger partial charge on any atom is 0.0103 e. The topological polar surface area (TPSA) is 12.0 Å². The van der Waals surface area contributed by atoms with Gasteiger partial charge in [-0.15, -0.1) is 0 Å². The molecular weight excluding hydrogens is 194 g/mol.